The average molecular weight is 187 g/mol. The molecule has 0 bridgehead atoms. The van der Waals surface area contributed by atoms with Crippen LogP contribution < -0.4 is 5.73 Å². The number of halogens is 1. The number of pyridine rings is 1. The highest BCUT2D eigenvalue weighted by atomic mass is 35.5. The summed E-state index contributed by atoms with van der Waals surface area (Å²) in [6.45, 7) is 3.61. The standard InChI is InChI=1S/C8H10N2O.ClH/c1-5-3-4-10-6(2)7(5)8(9)11;/h3-4H,1-2H3,(H2,9,11);1H. The lowest BCUT2D eigenvalue weighted by molar-refractivity contribution is 0.0998. The van der Waals surface area contributed by atoms with Crippen molar-refractivity contribution in [3.63, 3.8) is 0 Å². The van der Waals surface area contributed by atoms with Crippen molar-refractivity contribution in [3.05, 3.63) is 29.1 Å². The number of hydrogen-bond donors (Lipinski definition) is 1. The Labute approximate surface area is 77.4 Å². The molecule has 0 aliphatic carbocycles. The van der Waals surface area contributed by atoms with Gasteiger partial charge in [0, 0.05) is 6.20 Å². The highest BCUT2D eigenvalue weighted by Gasteiger charge is 2.07. The van der Waals surface area contributed by atoms with Crippen LogP contribution in [0.4, 0.5) is 0 Å². The molecular weight excluding hydrogens is 176 g/mol. The topological polar surface area (TPSA) is 56.0 Å². The minimum absolute atomic E-state index is 0. The molecule has 1 heterocycles. The molecule has 1 amide bonds. The Hall–Kier alpha value is -1.09. The van der Waals surface area contributed by atoms with E-state index in [0.29, 0.717) is 11.3 Å². The van der Waals surface area contributed by atoms with E-state index in [1.54, 1.807) is 19.2 Å². The number of carbonyl (C=O) groups is 1. The first-order valence-corrected chi connectivity index (χ1v) is 3.35. The maximum Gasteiger partial charge on any atom is 0.250 e. The largest absolute Gasteiger partial charge is 0.366 e. The van der Waals surface area contributed by atoms with Crippen LogP contribution in [0.2, 0.25) is 0 Å². The molecule has 0 aliphatic heterocycles. The van der Waals surface area contributed by atoms with Crippen LogP contribution in [0.15, 0.2) is 12.3 Å². The van der Waals surface area contributed by atoms with Gasteiger partial charge in [-0.25, -0.2) is 0 Å². The number of amides is 1. The van der Waals surface area contributed by atoms with Crippen molar-refractivity contribution in [1.29, 1.82) is 0 Å². The van der Waals surface area contributed by atoms with Gasteiger partial charge >= 0.3 is 0 Å². The number of hydrogen-bond acceptors (Lipinski definition) is 2. The Bertz CT molecular complexity index is 279. The number of carbonyl (C=O) groups excluding carboxylic acids is 1. The number of rotatable bonds is 1. The maximum absolute atomic E-state index is 10.8. The molecule has 0 aliphatic rings. The molecule has 4 heteroatoms. The van der Waals surface area contributed by atoms with Crippen molar-refractivity contribution in [2.24, 2.45) is 5.73 Å². The average Bonchev–Trinajstić information content (AvgIpc) is 1.85. The van der Waals surface area contributed by atoms with E-state index in [4.69, 9.17) is 5.73 Å². The molecule has 0 atom stereocenters. The predicted octanol–water partition coefficient (Wildman–Crippen LogP) is 1.22. The van der Waals surface area contributed by atoms with Crippen LogP contribution in [0, 0.1) is 13.8 Å². The van der Waals surface area contributed by atoms with Crippen LogP contribution in [0.5, 0.6) is 0 Å². The van der Waals surface area contributed by atoms with E-state index in [9.17, 15) is 4.79 Å². The fourth-order valence-corrected chi connectivity index (χ4v) is 1.07. The molecule has 3 nitrogen and oxygen atoms in total. The minimum atomic E-state index is -0.409. The van der Waals surface area contributed by atoms with Crippen molar-refractivity contribution in [2.45, 2.75) is 13.8 Å². The van der Waals surface area contributed by atoms with Crippen molar-refractivity contribution >= 4 is 18.3 Å². The molecule has 2 N–H and O–H groups in total. The van der Waals surface area contributed by atoms with Gasteiger partial charge in [-0.05, 0) is 25.5 Å². The van der Waals surface area contributed by atoms with Crippen LogP contribution >= 0.6 is 12.4 Å². The van der Waals surface area contributed by atoms with E-state index in [1.807, 2.05) is 6.92 Å². The van der Waals surface area contributed by atoms with E-state index in [2.05, 4.69) is 4.98 Å². The smallest absolute Gasteiger partial charge is 0.250 e. The summed E-state index contributed by atoms with van der Waals surface area (Å²) in [6, 6.07) is 1.77. The van der Waals surface area contributed by atoms with Gasteiger partial charge < -0.3 is 5.73 Å². The Morgan fingerprint density at radius 2 is 2.08 bits per heavy atom. The first-order chi connectivity index (χ1) is 5.13. The Morgan fingerprint density at radius 3 is 2.42 bits per heavy atom. The lowest BCUT2D eigenvalue weighted by atomic mass is 10.1. The number of nitrogens with zero attached hydrogens (tertiary/aromatic N) is 1. The third-order valence-electron chi connectivity index (χ3n) is 1.60. The van der Waals surface area contributed by atoms with Crippen molar-refractivity contribution in [2.75, 3.05) is 0 Å². The summed E-state index contributed by atoms with van der Waals surface area (Å²) in [6.07, 6.45) is 1.66. The Morgan fingerprint density at radius 1 is 1.50 bits per heavy atom. The summed E-state index contributed by atoms with van der Waals surface area (Å²) in [7, 11) is 0. The highest BCUT2D eigenvalue weighted by molar-refractivity contribution is 5.95. The number of aryl methyl sites for hydroxylation is 2. The van der Waals surface area contributed by atoms with Gasteiger partial charge in [-0.1, -0.05) is 0 Å². The van der Waals surface area contributed by atoms with E-state index >= 15 is 0 Å². The van der Waals surface area contributed by atoms with Gasteiger partial charge in [-0.2, -0.15) is 0 Å². The van der Waals surface area contributed by atoms with Crippen LogP contribution in [-0.4, -0.2) is 10.9 Å². The van der Waals surface area contributed by atoms with Crippen LogP contribution in [-0.2, 0) is 0 Å². The number of nitrogens with two attached hydrogens (primary N) is 1. The summed E-state index contributed by atoms with van der Waals surface area (Å²) in [4.78, 5) is 14.8. The molecule has 1 aromatic rings. The van der Waals surface area contributed by atoms with Gasteiger partial charge in [0.25, 0.3) is 5.91 Å². The first-order valence-electron chi connectivity index (χ1n) is 3.35. The fraction of sp³-hybridized carbons (Fsp3) is 0.250. The normalized spacial score (nSPS) is 8.83. The zero-order valence-electron chi connectivity index (χ0n) is 7.00. The summed E-state index contributed by atoms with van der Waals surface area (Å²) in [5.41, 5.74) is 7.24. The molecule has 66 valence electrons. The molecule has 0 saturated heterocycles. The van der Waals surface area contributed by atoms with Crippen LogP contribution in [0.1, 0.15) is 21.6 Å². The summed E-state index contributed by atoms with van der Waals surface area (Å²) >= 11 is 0. The number of primary amides is 1. The molecule has 12 heavy (non-hydrogen) atoms. The van der Waals surface area contributed by atoms with Gasteiger partial charge in [0.1, 0.15) is 0 Å². The predicted molar refractivity (Wildman–Crippen MR) is 49.5 cm³/mol. The SMILES string of the molecule is Cc1ccnc(C)c1C(N)=O.Cl. The highest BCUT2D eigenvalue weighted by Crippen LogP contribution is 2.08. The molecule has 1 aromatic heterocycles. The third-order valence-corrected chi connectivity index (χ3v) is 1.60. The molecule has 1 rings (SSSR count). The Balaban J connectivity index is 0.00000121. The second-order valence-corrected chi connectivity index (χ2v) is 2.45. The van der Waals surface area contributed by atoms with Crippen molar-refractivity contribution in [3.8, 4) is 0 Å². The maximum atomic E-state index is 10.8. The van der Waals surface area contributed by atoms with E-state index in [1.165, 1.54) is 0 Å². The molecule has 0 spiro atoms. The molecule has 0 saturated carbocycles. The molecule has 0 unspecified atom stereocenters. The van der Waals surface area contributed by atoms with E-state index in [0.717, 1.165) is 5.56 Å². The van der Waals surface area contributed by atoms with Crippen LogP contribution in [0.25, 0.3) is 0 Å². The minimum Gasteiger partial charge on any atom is -0.366 e. The van der Waals surface area contributed by atoms with E-state index < -0.39 is 5.91 Å². The van der Waals surface area contributed by atoms with Gasteiger partial charge in [0.05, 0.1) is 11.3 Å². The van der Waals surface area contributed by atoms with Gasteiger partial charge in [-0.15, -0.1) is 12.4 Å². The lowest BCUT2D eigenvalue weighted by Crippen LogP contribution is -2.15. The molecule has 0 radical (unpaired) electrons. The lowest BCUT2D eigenvalue weighted by Gasteiger charge is -2.02. The second kappa shape index (κ2) is 4.07. The van der Waals surface area contributed by atoms with Crippen molar-refractivity contribution < 1.29 is 4.79 Å². The van der Waals surface area contributed by atoms with Gasteiger partial charge in [0.2, 0.25) is 0 Å². The first kappa shape index (κ1) is 10.9. The second-order valence-electron chi connectivity index (χ2n) is 2.45. The molecular formula is C8H11ClN2O. The van der Waals surface area contributed by atoms with Gasteiger partial charge in [-0.3, -0.25) is 9.78 Å². The van der Waals surface area contributed by atoms with Crippen LogP contribution in [0.3, 0.4) is 0 Å². The molecule has 0 aromatic carbocycles. The summed E-state index contributed by atoms with van der Waals surface area (Å²) in [5.74, 6) is -0.409. The number of aromatic nitrogens is 1. The Kier molecular flexibility index (Phi) is 3.70. The summed E-state index contributed by atoms with van der Waals surface area (Å²) < 4.78 is 0. The van der Waals surface area contributed by atoms with Crippen molar-refractivity contribution in [1.82, 2.24) is 4.98 Å². The van der Waals surface area contributed by atoms with Gasteiger partial charge in [0.15, 0.2) is 0 Å². The summed E-state index contributed by atoms with van der Waals surface area (Å²) in [5, 5.41) is 0. The van der Waals surface area contributed by atoms with E-state index in [-0.39, 0.29) is 12.4 Å². The third kappa shape index (κ3) is 1.95. The zero-order chi connectivity index (χ0) is 8.43. The zero-order valence-corrected chi connectivity index (χ0v) is 7.81. The molecule has 0 fully saturated rings. The fourth-order valence-electron chi connectivity index (χ4n) is 1.07. The quantitative estimate of drug-likeness (QED) is 0.717. The monoisotopic (exact) mass is 186 g/mol.